The maximum absolute atomic E-state index is 5.40. The first-order valence-electron chi connectivity index (χ1n) is 6.82. The molecule has 2 aromatic heterocycles. The standard InChI is InChI=1S/C14H16N6O2S/c1-19-8-10(7-15-19)9-23-14-16-17-18-20(14)12-6-11(21-2)4-5-13(12)22-3/h4-8H,9H2,1-3H3. The van der Waals surface area contributed by atoms with Crippen LogP contribution in [0.15, 0.2) is 35.7 Å². The first kappa shape index (κ1) is 15.3. The van der Waals surface area contributed by atoms with Crippen LogP contribution in [0.3, 0.4) is 0 Å². The van der Waals surface area contributed by atoms with Crippen molar-refractivity contribution in [3.8, 4) is 17.2 Å². The van der Waals surface area contributed by atoms with Gasteiger partial charge < -0.3 is 9.47 Å². The molecule has 120 valence electrons. The van der Waals surface area contributed by atoms with E-state index in [1.165, 1.54) is 11.8 Å². The second-order valence-corrected chi connectivity index (χ2v) is 5.66. The van der Waals surface area contributed by atoms with Gasteiger partial charge in [-0.2, -0.15) is 9.78 Å². The summed E-state index contributed by atoms with van der Waals surface area (Å²) in [6.07, 6.45) is 3.79. The number of hydrogen-bond donors (Lipinski definition) is 0. The zero-order valence-electron chi connectivity index (χ0n) is 13.0. The van der Waals surface area contributed by atoms with Crippen molar-refractivity contribution < 1.29 is 9.47 Å². The van der Waals surface area contributed by atoms with Crippen LogP contribution in [0.1, 0.15) is 5.56 Å². The Balaban J connectivity index is 1.88. The van der Waals surface area contributed by atoms with E-state index in [0.717, 1.165) is 17.0 Å². The number of nitrogens with zero attached hydrogens (tertiary/aromatic N) is 6. The van der Waals surface area contributed by atoms with Gasteiger partial charge in [-0.15, -0.1) is 5.10 Å². The molecule has 0 fully saturated rings. The third-order valence-electron chi connectivity index (χ3n) is 3.18. The number of thioether (sulfide) groups is 1. The maximum Gasteiger partial charge on any atom is 0.214 e. The smallest absolute Gasteiger partial charge is 0.214 e. The predicted molar refractivity (Wildman–Crippen MR) is 85.0 cm³/mol. The maximum atomic E-state index is 5.40. The lowest BCUT2D eigenvalue weighted by atomic mass is 10.3. The molecule has 0 aliphatic heterocycles. The first-order chi connectivity index (χ1) is 11.2. The van der Waals surface area contributed by atoms with Gasteiger partial charge in [-0.3, -0.25) is 4.68 Å². The molecule has 8 nitrogen and oxygen atoms in total. The lowest BCUT2D eigenvalue weighted by Crippen LogP contribution is -2.02. The fourth-order valence-corrected chi connectivity index (χ4v) is 2.87. The zero-order valence-corrected chi connectivity index (χ0v) is 13.8. The Hall–Kier alpha value is -2.55. The number of aryl methyl sites for hydroxylation is 1. The van der Waals surface area contributed by atoms with Gasteiger partial charge in [0, 0.05) is 30.6 Å². The molecule has 0 aliphatic rings. The van der Waals surface area contributed by atoms with Gasteiger partial charge in [-0.05, 0) is 22.6 Å². The van der Waals surface area contributed by atoms with E-state index in [1.54, 1.807) is 23.6 Å². The molecule has 0 atom stereocenters. The van der Waals surface area contributed by atoms with Crippen molar-refractivity contribution >= 4 is 11.8 Å². The summed E-state index contributed by atoms with van der Waals surface area (Å²) in [6.45, 7) is 0. The van der Waals surface area contributed by atoms with Crippen molar-refractivity contribution in [3.63, 3.8) is 0 Å². The first-order valence-corrected chi connectivity index (χ1v) is 7.81. The second-order valence-electron chi connectivity index (χ2n) is 4.72. The number of methoxy groups -OCH3 is 2. The fourth-order valence-electron chi connectivity index (χ4n) is 2.08. The van der Waals surface area contributed by atoms with Crippen molar-refractivity contribution in [1.29, 1.82) is 0 Å². The van der Waals surface area contributed by atoms with Crippen LogP contribution < -0.4 is 9.47 Å². The Morgan fingerprint density at radius 3 is 2.78 bits per heavy atom. The highest BCUT2D eigenvalue weighted by atomic mass is 32.2. The van der Waals surface area contributed by atoms with Crippen LogP contribution in [0.25, 0.3) is 5.69 Å². The Morgan fingerprint density at radius 1 is 1.22 bits per heavy atom. The van der Waals surface area contributed by atoms with E-state index in [1.807, 2.05) is 37.6 Å². The third kappa shape index (κ3) is 3.29. The van der Waals surface area contributed by atoms with Crippen LogP contribution in [-0.4, -0.2) is 44.2 Å². The van der Waals surface area contributed by atoms with E-state index in [4.69, 9.17) is 9.47 Å². The highest BCUT2D eigenvalue weighted by Crippen LogP contribution is 2.30. The van der Waals surface area contributed by atoms with Gasteiger partial charge in [0.1, 0.15) is 17.2 Å². The third-order valence-corrected chi connectivity index (χ3v) is 4.17. The molecule has 2 heterocycles. The molecule has 0 aliphatic carbocycles. The van der Waals surface area contributed by atoms with Crippen LogP contribution in [0.4, 0.5) is 0 Å². The van der Waals surface area contributed by atoms with Crippen LogP contribution in [0.2, 0.25) is 0 Å². The Morgan fingerprint density at radius 2 is 2.09 bits per heavy atom. The SMILES string of the molecule is COc1ccc(OC)c(-n2nnnc2SCc2cnn(C)c2)c1. The number of aromatic nitrogens is 6. The summed E-state index contributed by atoms with van der Waals surface area (Å²) in [5.41, 5.74) is 1.83. The topological polar surface area (TPSA) is 79.9 Å². The minimum Gasteiger partial charge on any atom is -0.497 e. The Kier molecular flexibility index (Phi) is 4.47. The van der Waals surface area contributed by atoms with Gasteiger partial charge in [-0.1, -0.05) is 11.8 Å². The Labute approximate surface area is 137 Å². The molecule has 1 aromatic carbocycles. The molecule has 0 saturated carbocycles. The van der Waals surface area contributed by atoms with Crippen molar-refractivity contribution in [2.45, 2.75) is 10.9 Å². The zero-order chi connectivity index (χ0) is 16.2. The Bertz CT molecular complexity index is 800. The molecule has 3 aromatic rings. The monoisotopic (exact) mass is 332 g/mol. The largest absolute Gasteiger partial charge is 0.497 e. The van der Waals surface area contributed by atoms with Crippen molar-refractivity contribution in [3.05, 3.63) is 36.2 Å². The highest BCUT2D eigenvalue weighted by Gasteiger charge is 2.15. The van der Waals surface area contributed by atoms with E-state index in [-0.39, 0.29) is 0 Å². The van der Waals surface area contributed by atoms with Crippen LogP contribution in [0, 0.1) is 0 Å². The molecule has 3 rings (SSSR count). The molecule has 0 bridgehead atoms. The van der Waals surface area contributed by atoms with E-state index in [2.05, 4.69) is 20.6 Å². The molecule has 0 saturated heterocycles. The minimum atomic E-state index is 0.667. The van der Waals surface area contributed by atoms with E-state index >= 15 is 0 Å². The average molecular weight is 332 g/mol. The number of tetrazole rings is 1. The molecule has 9 heteroatoms. The van der Waals surface area contributed by atoms with Crippen LogP contribution >= 0.6 is 11.8 Å². The number of ether oxygens (including phenoxy) is 2. The summed E-state index contributed by atoms with van der Waals surface area (Å²) in [5, 5.41) is 16.7. The number of rotatable bonds is 6. The number of hydrogen-bond acceptors (Lipinski definition) is 7. The summed E-state index contributed by atoms with van der Waals surface area (Å²) in [4.78, 5) is 0. The van der Waals surface area contributed by atoms with Gasteiger partial charge >= 0.3 is 0 Å². The molecule has 23 heavy (non-hydrogen) atoms. The van der Waals surface area contributed by atoms with Crippen molar-refractivity contribution in [2.24, 2.45) is 7.05 Å². The molecule has 0 amide bonds. The fraction of sp³-hybridized carbons (Fsp3) is 0.286. The normalized spacial score (nSPS) is 10.7. The summed E-state index contributed by atoms with van der Waals surface area (Å²) >= 11 is 1.52. The van der Waals surface area contributed by atoms with E-state index in [9.17, 15) is 0 Å². The minimum absolute atomic E-state index is 0.667. The molecule has 0 N–H and O–H groups in total. The van der Waals surface area contributed by atoms with E-state index < -0.39 is 0 Å². The predicted octanol–water partition coefficient (Wildman–Crippen LogP) is 1.71. The summed E-state index contributed by atoms with van der Waals surface area (Å²) in [7, 11) is 5.11. The van der Waals surface area contributed by atoms with Gasteiger partial charge in [-0.25, -0.2) is 0 Å². The summed E-state index contributed by atoms with van der Waals surface area (Å²) < 4.78 is 14.1. The highest BCUT2D eigenvalue weighted by molar-refractivity contribution is 7.98. The van der Waals surface area contributed by atoms with Crippen LogP contribution in [-0.2, 0) is 12.8 Å². The lowest BCUT2D eigenvalue weighted by molar-refractivity contribution is 0.399. The molecule has 0 unspecified atom stereocenters. The van der Waals surface area contributed by atoms with Gasteiger partial charge in [0.25, 0.3) is 0 Å². The van der Waals surface area contributed by atoms with Crippen molar-refractivity contribution in [2.75, 3.05) is 14.2 Å². The average Bonchev–Trinajstić information content (AvgIpc) is 3.20. The molecular formula is C14H16N6O2S. The van der Waals surface area contributed by atoms with E-state index in [0.29, 0.717) is 16.7 Å². The van der Waals surface area contributed by atoms with Gasteiger partial charge in [0.05, 0.1) is 20.4 Å². The molecular weight excluding hydrogens is 316 g/mol. The van der Waals surface area contributed by atoms with Gasteiger partial charge in [0.2, 0.25) is 5.16 Å². The molecule has 0 radical (unpaired) electrons. The number of benzene rings is 1. The summed E-state index contributed by atoms with van der Waals surface area (Å²) in [6, 6.07) is 5.49. The van der Waals surface area contributed by atoms with Crippen molar-refractivity contribution in [1.82, 2.24) is 30.0 Å². The van der Waals surface area contributed by atoms with Gasteiger partial charge in [0.15, 0.2) is 0 Å². The lowest BCUT2D eigenvalue weighted by Gasteiger charge is -2.10. The van der Waals surface area contributed by atoms with Crippen LogP contribution in [0.5, 0.6) is 11.5 Å². The quantitative estimate of drug-likeness (QED) is 0.636. The molecule has 0 spiro atoms. The summed E-state index contributed by atoms with van der Waals surface area (Å²) in [5.74, 6) is 2.10. The second kappa shape index (κ2) is 6.69.